The van der Waals surface area contributed by atoms with Crippen LogP contribution >= 0.6 is 0 Å². The van der Waals surface area contributed by atoms with Crippen LogP contribution in [0.4, 0.5) is 5.69 Å². The van der Waals surface area contributed by atoms with E-state index in [1.165, 1.54) is 7.11 Å². The van der Waals surface area contributed by atoms with Gasteiger partial charge in [-0.05, 0) is 17.7 Å². The summed E-state index contributed by atoms with van der Waals surface area (Å²) < 4.78 is 5.19. The number of ether oxygens (including phenoxy) is 1. The van der Waals surface area contributed by atoms with Gasteiger partial charge in [-0.3, -0.25) is 10.2 Å². The molecule has 1 amide bonds. The van der Waals surface area contributed by atoms with E-state index in [2.05, 4.69) is 5.43 Å². The molecule has 5 heteroatoms. The minimum absolute atomic E-state index is 0.292. The Hall–Kier alpha value is -2.53. The number of amides is 1. The third-order valence-corrected chi connectivity index (χ3v) is 2.85. The van der Waals surface area contributed by atoms with Crippen LogP contribution in [0.2, 0.25) is 0 Å². The standard InChI is InChI=1S/C14H15N3O2/c1-19-10-7-11(9-5-3-2-4-6-9)13(15)12(8-10)14(18)17-16/h2-8H,15-16H2,1H3,(H,17,18). The van der Waals surface area contributed by atoms with Crippen LogP contribution in [-0.4, -0.2) is 13.0 Å². The summed E-state index contributed by atoms with van der Waals surface area (Å²) in [4.78, 5) is 11.7. The van der Waals surface area contributed by atoms with Gasteiger partial charge in [0.2, 0.25) is 0 Å². The van der Waals surface area contributed by atoms with Gasteiger partial charge in [0.05, 0.1) is 18.4 Å². The second-order valence-corrected chi connectivity index (χ2v) is 3.98. The van der Waals surface area contributed by atoms with E-state index in [-0.39, 0.29) is 0 Å². The monoisotopic (exact) mass is 257 g/mol. The van der Waals surface area contributed by atoms with Gasteiger partial charge in [0, 0.05) is 5.56 Å². The van der Waals surface area contributed by atoms with E-state index in [1.807, 2.05) is 30.3 Å². The molecular weight excluding hydrogens is 242 g/mol. The molecule has 0 aliphatic rings. The molecule has 0 bridgehead atoms. The zero-order chi connectivity index (χ0) is 13.8. The Morgan fingerprint density at radius 3 is 2.47 bits per heavy atom. The molecule has 0 saturated heterocycles. The Bertz CT molecular complexity index is 597. The minimum Gasteiger partial charge on any atom is -0.497 e. The van der Waals surface area contributed by atoms with Gasteiger partial charge in [-0.25, -0.2) is 5.84 Å². The fourth-order valence-corrected chi connectivity index (χ4v) is 1.87. The molecule has 5 nitrogen and oxygen atoms in total. The Balaban J connectivity index is 2.64. The van der Waals surface area contributed by atoms with Crippen molar-refractivity contribution in [1.82, 2.24) is 5.43 Å². The molecule has 0 saturated carbocycles. The van der Waals surface area contributed by atoms with Gasteiger partial charge in [-0.2, -0.15) is 0 Å². The average molecular weight is 257 g/mol. The fourth-order valence-electron chi connectivity index (χ4n) is 1.87. The molecule has 0 spiro atoms. The van der Waals surface area contributed by atoms with Crippen molar-refractivity contribution in [3.8, 4) is 16.9 Å². The largest absolute Gasteiger partial charge is 0.497 e. The first kappa shape index (κ1) is 12.9. The van der Waals surface area contributed by atoms with Gasteiger partial charge in [0.15, 0.2) is 0 Å². The minimum atomic E-state index is -0.450. The van der Waals surface area contributed by atoms with E-state index in [4.69, 9.17) is 16.3 Å². The maximum Gasteiger partial charge on any atom is 0.267 e. The van der Waals surface area contributed by atoms with E-state index in [9.17, 15) is 4.79 Å². The molecule has 0 aromatic heterocycles. The molecule has 0 fully saturated rings. The zero-order valence-corrected chi connectivity index (χ0v) is 10.5. The lowest BCUT2D eigenvalue weighted by atomic mass is 9.99. The number of rotatable bonds is 3. The molecule has 0 radical (unpaired) electrons. The van der Waals surface area contributed by atoms with E-state index < -0.39 is 5.91 Å². The summed E-state index contributed by atoms with van der Waals surface area (Å²) in [6, 6.07) is 12.9. The molecular formula is C14H15N3O2. The summed E-state index contributed by atoms with van der Waals surface area (Å²) in [6.45, 7) is 0. The summed E-state index contributed by atoms with van der Waals surface area (Å²) in [5.74, 6) is 5.25. The van der Waals surface area contributed by atoms with Crippen LogP contribution in [0.25, 0.3) is 11.1 Å². The maximum absolute atomic E-state index is 11.7. The number of nitrogens with two attached hydrogens (primary N) is 2. The van der Waals surface area contributed by atoms with E-state index in [0.717, 1.165) is 11.1 Å². The number of methoxy groups -OCH3 is 1. The topological polar surface area (TPSA) is 90.4 Å². The third kappa shape index (κ3) is 2.51. The van der Waals surface area contributed by atoms with Gasteiger partial charge in [-0.1, -0.05) is 30.3 Å². The number of hydrogen-bond acceptors (Lipinski definition) is 4. The van der Waals surface area contributed by atoms with Crippen LogP contribution in [0.1, 0.15) is 10.4 Å². The van der Waals surface area contributed by atoms with Crippen molar-refractivity contribution >= 4 is 11.6 Å². The molecule has 19 heavy (non-hydrogen) atoms. The molecule has 0 aliphatic heterocycles. The Labute approximate surface area is 111 Å². The van der Waals surface area contributed by atoms with Crippen molar-refractivity contribution in [3.63, 3.8) is 0 Å². The normalized spacial score (nSPS) is 10.0. The molecule has 0 aliphatic carbocycles. The maximum atomic E-state index is 11.7. The molecule has 0 unspecified atom stereocenters. The lowest BCUT2D eigenvalue weighted by molar-refractivity contribution is 0.0954. The predicted octanol–water partition coefficient (Wildman–Crippen LogP) is 1.55. The first-order chi connectivity index (χ1) is 9.17. The third-order valence-electron chi connectivity index (χ3n) is 2.85. The van der Waals surface area contributed by atoms with Crippen molar-refractivity contribution in [2.24, 2.45) is 5.84 Å². The van der Waals surface area contributed by atoms with Gasteiger partial charge < -0.3 is 10.5 Å². The number of hydrogen-bond donors (Lipinski definition) is 3. The van der Waals surface area contributed by atoms with Crippen molar-refractivity contribution in [2.45, 2.75) is 0 Å². The average Bonchev–Trinajstić information content (AvgIpc) is 2.47. The van der Waals surface area contributed by atoms with Crippen LogP contribution in [0.15, 0.2) is 42.5 Å². The van der Waals surface area contributed by atoms with Crippen molar-refractivity contribution in [2.75, 3.05) is 12.8 Å². The quantitative estimate of drug-likeness (QED) is 0.337. The molecule has 2 aromatic carbocycles. The van der Waals surface area contributed by atoms with Crippen LogP contribution in [0.3, 0.4) is 0 Å². The van der Waals surface area contributed by atoms with Gasteiger partial charge >= 0.3 is 0 Å². The van der Waals surface area contributed by atoms with E-state index in [1.54, 1.807) is 12.1 Å². The van der Waals surface area contributed by atoms with E-state index in [0.29, 0.717) is 17.0 Å². The Kier molecular flexibility index (Phi) is 3.68. The van der Waals surface area contributed by atoms with Gasteiger partial charge in [0.1, 0.15) is 5.75 Å². The van der Waals surface area contributed by atoms with Crippen LogP contribution in [0, 0.1) is 0 Å². The Morgan fingerprint density at radius 2 is 1.89 bits per heavy atom. The van der Waals surface area contributed by atoms with Crippen molar-refractivity contribution < 1.29 is 9.53 Å². The highest BCUT2D eigenvalue weighted by molar-refractivity contribution is 6.02. The SMILES string of the molecule is COc1cc(C(=O)NN)c(N)c(-c2ccccc2)c1. The fraction of sp³-hybridized carbons (Fsp3) is 0.0714. The summed E-state index contributed by atoms with van der Waals surface area (Å²) in [7, 11) is 1.53. The first-order valence-electron chi connectivity index (χ1n) is 5.71. The molecule has 0 heterocycles. The summed E-state index contributed by atoms with van der Waals surface area (Å²) in [5, 5.41) is 0. The predicted molar refractivity (Wildman–Crippen MR) is 74.5 cm³/mol. The molecule has 0 atom stereocenters. The van der Waals surface area contributed by atoms with Gasteiger partial charge in [-0.15, -0.1) is 0 Å². The zero-order valence-electron chi connectivity index (χ0n) is 10.5. The summed E-state index contributed by atoms with van der Waals surface area (Å²) in [5.41, 5.74) is 10.4. The highest BCUT2D eigenvalue weighted by atomic mass is 16.5. The number of benzene rings is 2. The summed E-state index contributed by atoms with van der Waals surface area (Å²) in [6.07, 6.45) is 0. The van der Waals surface area contributed by atoms with Crippen LogP contribution in [0.5, 0.6) is 5.75 Å². The number of carbonyl (C=O) groups is 1. The number of carbonyl (C=O) groups excluding carboxylic acids is 1. The highest BCUT2D eigenvalue weighted by Gasteiger charge is 2.15. The van der Waals surface area contributed by atoms with Crippen molar-refractivity contribution in [3.05, 3.63) is 48.0 Å². The molecule has 2 aromatic rings. The molecule has 5 N–H and O–H groups in total. The van der Waals surface area contributed by atoms with Crippen molar-refractivity contribution in [1.29, 1.82) is 0 Å². The van der Waals surface area contributed by atoms with E-state index >= 15 is 0 Å². The lowest BCUT2D eigenvalue weighted by Gasteiger charge is -2.13. The number of anilines is 1. The van der Waals surface area contributed by atoms with Gasteiger partial charge in [0.25, 0.3) is 5.91 Å². The summed E-state index contributed by atoms with van der Waals surface area (Å²) >= 11 is 0. The second-order valence-electron chi connectivity index (χ2n) is 3.98. The Morgan fingerprint density at radius 1 is 1.21 bits per heavy atom. The van der Waals surface area contributed by atoms with Crippen LogP contribution in [-0.2, 0) is 0 Å². The molecule has 2 rings (SSSR count). The smallest absolute Gasteiger partial charge is 0.267 e. The van der Waals surface area contributed by atoms with Crippen LogP contribution < -0.4 is 21.7 Å². The number of nitrogens with one attached hydrogen (secondary N) is 1. The number of nitrogen functional groups attached to an aromatic ring is 2. The number of hydrazine groups is 1. The highest BCUT2D eigenvalue weighted by Crippen LogP contribution is 2.32. The second kappa shape index (κ2) is 5.41. The lowest BCUT2D eigenvalue weighted by Crippen LogP contribution is -2.30. The molecule has 98 valence electrons. The first-order valence-corrected chi connectivity index (χ1v) is 5.71.